The van der Waals surface area contributed by atoms with Crippen LogP contribution >= 0.6 is 11.8 Å². The molecule has 0 saturated carbocycles. The van der Waals surface area contributed by atoms with Crippen molar-refractivity contribution in [1.29, 1.82) is 0 Å². The molecule has 116 valence electrons. The fraction of sp³-hybridized carbons (Fsp3) is 0.533. The second kappa shape index (κ2) is 8.26. The minimum Gasteiger partial charge on any atom is -0.379 e. The Kier molecular flexibility index (Phi) is 6.35. The number of rotatable bonds is 5. The smallest absolute Gasteiger partial charge is 0.319 e. The number of hydrogen-bond acceptors (Lipinski definition) is 4. The van der Waals surface area contributed by atoms with Gasteiger partial charge in [0.1, 0.15) is 0 Å². The molecule has 0 radical (unpaired) electrons. The van der Waals surface area contributed by atoms with E-state index in [9.17, 15) is 4.79 Å². The van der Waals surface area contributed by atoms with Crippen LogP contribution in [0.4, 0.5) is 10.5 Å². The molecule has 1 heterocycles. The second-order valence-electron chi connectivity index (χ2n) is 5.03. The maximum absolute atomic E-state index is 12.0. The number of carbonyl (C=O) groups is 1. The summed E-state index contributed by atoms with van der Waals surface area (Å²) in [6, 6.07) is 7.96. The molecule has 2 rings (SSSR count). The third-order valence-electron chi connectivity index (χ3n) is 3.58. The molecule has 1 aromatic rings. The summed E-state index contributed by atoms with van der Waals surface area (Å²) >= 11 is 1.62. The van der Waals surface area contributed by atoms with Crippen molar-refractivity contribution in [3.8, 4) is 0 Å². The third-order valence-corrected chi connectivity index (χ3v) is 4.38. The fourth-order valence-corrected chi connectivity index (χ4v) is 2.86. The van der Waals surface area contributed by atoms with E-state index < -0.39 is 0 Å². The van der Waals surface area contributed by atoms with Crippen LogP contribution in [0.15, 0.2) is 29.2 Å². The van der Waals surface area contributed by atoms with Crippen molar-refractivity contribution in [2.75, 3.05) is 44.4 Å². The van der Waals surface area contributed by atoms with E-state index in [1.807, 2.05) is 30.5 Å². The van der Waals surface area contributed by atoms with Gasteiger partial charge >= 0.3 is 6.03 Å². The van der Waals surface area contributed by atoms with E-state index in [1.54, 1.807) is 11.8 Å². The summed E-state index contributed by atoms with van der Waals surface area (Å²) in [5, 5.41) is 5.84. The van der Waals surface area contributed by atoms with Crippen LogP contribution in [-0.4, -0.2) is 56.1 Å². The van der Waals surface area contributed by atoms with E-state index in [4.69, 9.17) is 4.74 Å². The van der Waals surface area contributed by atoms with Crippen LogP contribution in [-0.2, 0) is 4.74 Å². The molecule has 1 fully saturated rings. The van der Waals surface area contributed by atoms with Crippen LogP contribution in [0.1, 0.15) is 6.92 Å². The van der Waals surface area contributed by atoms with Crippen LogP contribution in [0.25, 0.3) is 0 Å². The van der Waals surface area contributed by atoms with E-state index in [-0.39, 0.29) is 6.03 Å². The predicted octanol–water partition coefficient (Wildman–Crippen LogP) is 2.25. The normalized spacial score (nSPS) is 17.2. The number of carbonyl (C=O) groups excluding carboxylic acids is 1. The second-order valence-corrected chi connectivity index (χ2v) is 5.88. The summed E-state index contributed by atoms with van der Waals surface area (Å²) in [5.74, 6) is 0. The third kappa shape index (κ3) is 4.91. The highest BCUT2D eigenvalue weighted by atomic mass is 32.2. The lowest BCUT2D eigenvalue weighted by molar-refractivity contribution is 0.0209. The number of morpholine rings is 1. The Bertz CT molecular complexity index is 464. The lowest BCUT2D eigenvalue weighted by atomic mass is 10.2. The van der Waals surface area contributed by atoms with Gasteiger partial charge in [-0.2, -0.15) is 0 Å². The van der Waals surface area contributed by atoms with Gasteiger partial charge in [-0.25, -0.2) is 4.79 Å². The zero-order chi connectivity index (χ0) is 15.1. The molecule has 1 aromatic carbocycles. The molecule has 0 aliphatic carbocycles. The van der Waals surface area contributed by atoms with Gasteiger partial charge in [-0.05, 0) is 25.3 Å². The molecule has 1 aliphatic rings. The van der Waals surface area contributed by atoms with Crippen LogP contribution in [0.2, 0.25) is 0 Å². The Morgan fingerprint density at radius 3 is 2.81 bits per heavy atom. The van der Waals surface area contributed by atoms with E-state index in [1.165, 1.54) is 0 Å². The number of anilines is 1. The molecule has 21 heavy (non-hydrogen) atoms. The zero-order valence-corrected chi connectivity index (χ0v) is 13.4. The van der Waals surface area contributed by atoms with Crippen molar-refractivity contribution < 1.29 is 9.53 Å². The van der Waals surface area contributed by atoms with Crippen molar-refractivity contribution in [3.63, 3.8) is 0 Å². The topological polar surface area (TPSA) is 53.6 Å². The standard InChI is InChI=1S/C15H23N3O2S/c1-12(18-7-9-20-10-8-18)11-16-15(19)17-13-5-3-4-6-14(13)21-2/h3-6,12H,7-11H2,1-2H3,(H2,16,17,19). The average Bonchev–Trinajstić information content (AvgIpc) is 2.54. The van der Waals surface area contributed by atoms with Crippen molar-refractivity contribution >= 4 is 23.5 Å². The van der Waals surface area contributed by atoms with Crippen LogP contribution < -0.4 is 10.6 Å². The molecule has 1 unspecified atom stereocenters. The van der Waals surface area contributed by atoms with E-state index in [2.05, 4.69) is 22.5 Å². The maximum atomic E-state index is 12.0. The van der Waals surface area contributed by atoms with E-state index in [0.29, 0.717) is 12.6 Å². The molecule has 2 amide bonds. The van der Waals surface area contributed by atoms with Crippen LogP contribution in [0.5, 0.6) is 0 Å². The average molecular weight is 309 g/mol. The first-order valence-corrected chi connectivity index (χ1v) is 8.43. The first-order chi connectivity index (χ1) is 10.2. The van der Waals surface area contributed by atoms with Crippen LogP contribution in [0, 0.1) is 0 Å². The largest absolute Gasteiger partial charge is 0.379 e. The number of amides is 2. The van der Waals surface area contributed by atoms with Gasteiger partial charge in [0, 0.05) is 30.6 Å². The van der Waals surface area contributed by atoms with Gasteiger partial charge < -0.3 is 15.4 Å². The van der Waals surface area contributed by atoms with Crippen molar-refractivity contribution in [1.82, 2.24) is 10.2 Å². The highest BCUT2D eigenvalue weighted by molar-refractivity contribution is 7.98. The number of hydrogen-bond donors (Lipinski definition) is 2. The highest BCUT2D eigenvalue weighted by Crippen LogP contribution is 2.24. The van der Waals surface area contributed by atoms with Crippen LogP contribution in [0.3, 0.4) is 0 Å². The molecule has 1 saturated heterocycles. The Morgan fingerprint density at radius 1 is 1.38 bits per heavy atom. The monoisotopic (exact) mass is 309 g/mol. The molecular formula is C15H23N3O2S. The minimum atomic E-state index is -0.156. The Labute approximate surface area is 130 Å². The molecule has 1 aliphatic heterocycles. The fourth-order valence-electron chi connectivity index (χ4n) is 2.30. The quantitative estimate of drug-likeness (QED) is 0.819. The molecule has 0 spiro atoms. The number of ether oxygens (including phenoxy) is 1. The molecule has 5 nitrogen and oxygen atoms in total. The van der Waals surface area contributed by atoms with Gasteiger partial charge in [0.15, 0.2) is 0 Å². The van der Waals surface area contributed by atoms with Crippen molar-refractivity contribution in [3.05, 3.63) is 24.3 Å². The minimum absolute atomic E-state index is 0.156. The molecule has 6 heteroatoms. The Morgan fingerprint density at radius 2 is 2.10 bits per heavy atom. The maximum Gasteiger partial charge on any atom is 0.319 e. The summed E-state index contributed by atoms with van der Waals surface area (Å²) in [4.78, 5) is 15.4. The lowest BCUT2D eigenvalue weighted by Crippen LogP contribution is -2.47. The van der Waals surface area contributed by atoms with Gasteiger partial charge in [0.2, 0.25) is 0 Å². The predicted molar refractivity (Wildman–Crippen MR) is 87.1 cm³/mol. The lowest BCUT2D eigenvalue weighted by Gasteiger charge is -2.32. The number of urea groups is 1. The summed E-state index contributed by atoms with van der Waals surface area (Å²) in [5.41, 5.74) is 0.849. The zero-order valence-electron chi connectivity index (χ0n) is 12.6. The van der Waals surface area contributed by atoms with Crippen molar-refractivity contribution in [2.24, 2.45) is 0 Å². The SMILES string of the molecule is CSc1ccccc1NC(=O)NCC(C)N1CCOCC1. The molecule has 1 atom stereocenters. The molecule has 2 N–H and O–H groups in total. The number of nitrogens with one attached hydrogen (secondary N) is 2. The van der Waals surface area contributed by atoms with E-state index >= 15 is 0 Å². The van der Waals surface area contributed by atoms with Gasteiger partial charge in [-0.3, -0.25) is 4.90 Å². The number of para-hydroxylation sites is 1. The number of benzene rings is 1. The van der Waals surface area contributed by atoms with Gasteiger partial charge in [0.25, 0.3) is 0 Å². The van der Waals surface area contributed by atoms with Gasteiger partial charge in [0.05, 0.1) is 18.9 Å². The Hall–Kier alpha value is -1.24. The summed E-state index contributed by atoms with van der Waals surface area (Å²) in [7, 11) is 0. The van der Waals surface area contributed by atoms with Crippen molar-refractivity contribution in [2.45, 2.75) is 17.9 Å². The van der Waals surface area contributed by atoms with Gasteiger partial charge in [-0.1, -0.05) is 12.1 Å². The first-order valence-electron chi connectivity index (χ1n) is 7.20. The summed E-state index contributed by atoms with van der Waals surface area (Å²) in [6.07, 6.45) is 2.00. The van der Waals surface area contributed by atoms with E-state index in [0.717, 1.165) is 36.9 Å². The molecule has 0 bridgehead atoms. The number of thioether (sulfide) groups is 1. The summed E-state index contributed by atoms with van der Waals surface area (Å²) in [6.45, 7) is 6.17. The summed E-state index contributed by atoms with van der Waals surface area (Å²) < 4.78 is 5.34. The van der Waals surface area contributed by atoms with Gasteiger partial charge in [-0.15, -0.1) is 11.8 Å². The number of nitrogens with zero attached hydrogens (tertiary/aromatic N) is 1. The molecule has 0 aromatic heterocycles. The Balaban J connectivity index is 1.79. The first kappa shape index (κ1) is 16.1. The molecular weight excluding hydrogens is 286 g/mol. The highest BCUT2D eigenvalue weighted by Gasteiger charge is 2.17.